The molecular weight excluding hydrogens is 254 g/mol. The smallest absolute Gasteiger partial charge is 0.327 e. The van der Waals surface area contributed by atoms with Crippen molar-refractivity contribution in [1.29, 1.82) is 0 Å². The van der Waals surface area contributed by atoms with Gasteiger partial charge in [0.25, 0.3) is 0 Å². The summed E-state index contributed by atoms with van der Waals surface area (Å²) in [5.41, 5.74) is -0.644. The SMILES string of the molecule is CCOC(=O)C(C)(CN1CCN(C)CC1C)NC(C)C. The van der Waals surface area contributed by atoms with Gasteiger partial charge in [0.1, 0.15) is 5.54 Å². The predicted octanol–water partition coefficient (Wildman–Crippen LogP) is 0.942. The van der Waals surface area contributed by atoms with Crippen molar-refractivity contribution in [2.45, 2.75) is 52.2 Å². The van der Waals surface area contributed by atoms with Gasteiger partial charge in [-0.2, -0.15) is 0 Å². The lowest BCUT2D eigenvalue weighted by Gasteiger charge is -2.43. The number of esters is 1. The van der Waals surface area contributed by atoms with E-state index in [4.69, 9.17) is 4.74 Å². The maximum absolute atomic E-state index is 12.3. The summed E-state index contributed by atoms with van der Waals surface area (Å²) in [4.78, 5) is 17.0. The molecule has 118 valence electrons. The van der Waals surface area contributed by atoms with E-state index in [0.29, 0.717) is 19.2 Å². The van der Waals surface area contributed by atoms with Gasteiger partial charge in [-0.15, -0.1) is 0 Å². The van der Waals surface area contributed by atoms with Gasteiger partial charge in [0.2, 0.25) is 0 Å². The van der Waals surface area contributed by atoms with E-state index in [2.05, 4.69) is 42.9 Å². The minimum atomic E-state index is -0.644. The number of carbonyl (C=O) groups is 1. The quantitative estimate of drug-likeness (QED) is 0.736. The Bertz CT molecular complexity index is 322. The lowest BCUT2D eigenvalue weighted by Crippen LogP contribution is -2.63. The first-order chi connectivity index (χ1) is 9.28. The highest BCUT2D eigenvalue weighted by Crippen LogP contribution is 2.16. The molecule has 5 nitrogen and oxygen atoms in total. The van der Waals surface area contributed by atoms with Crippen molar-refractivity contribution >= 4 is 5.97 Å². The third-order valence-corrected chi connectivity index (χ3v) is 3.82. The first kappa shape index (κ1) is 17.4. The Morgan fingerprint density at radius 1 is 1.45 bits per heavy atom. The molecule has 0 aromatic carbocycles. The van der Waals surface area contributed by atoms with Crippen LogP contribution >= 0.6 is 0 Å². The van der Waals surface area contributed by atoms with Crippen molar-refractivity contribution in [2.75, 3.05) is 39.8 Å². The van der Waals surface area contributed by atoms with E-state index in [1.165, 1.54) is 0 Å². The maximum atomic E-state index is 12.3. The molecule has 1 aliphatic heterocycles. The second-order valence-electron chi connectivity index (χ2n) is 6.43. The minimum absolute atomic E-state index is 0.153. The number of likely N-dealkylation sites (N-methyl/N-ethyl adjacent to an activating group) is 1. The first-order valence-electron chi connectivity index (χ1n) is 7.66. The largest absolute Gasteiger partial charge is 0.465 e. The fourth-order valence-electron chi connectivity index (χ4n) is 2.92. The second-order valence-corrected chi connectivity index (χ2v) is 6.43. The highest BCUT2D eigenvalue weighted by molar-refractivity contribution is 5.80. The highest BCUT2D eigenvalue weighted by Gasteiger charge is 2.38. The van der Waals surface area contributed by atoms with E-state index >= 15 is 0 Å². The van der Waals surface area contributed by atoms with Gasteiger partial charge in [-0.25, -0.2) is 0 Å². The number of hydrogen-bond donors (Lipinski definition) is 1. The Morgan fingerprint density at radius 2 is 2.10 bits per heavy atom. The summed E-state index contributed by atoms with van der Waals surface area (Å²) in [5.74, 6) is -0.153. The predicted molar refractivity (Wildman–Crippen MR) is 81.8 cm³/mol. The number of nitrogens with zero attached hydrogens (tertiary/aromatic N) is 2. The zero-order valence-electron chi connectivity index (χ0n) is 13.9. The molecule has 0 amide bonds. The maximum Gasteiger partial charge on any atom is 0.327 e. The Morgan fingerprint density at radius 3 is 2.60 bits per heavy atom. The number of hydrogen-bond acceptors (Lipinski definition) is 5. The van der Waals surface area contributed by atoms with Crippen LogP contribution in [0.25, 0.3) is 0 Å². The van der Waals surface area contributed by atoms with Crippen molar-refractivity contribution in [2.24, 2.45) is 0 Å². The van der Waals surface area contributed by atoms with E-state index in [9.17, 15) is 4.79 Å². The lowest BCUT2D eigenvalue weighted by molar-refractivity contribution is -0.152. The summed E-state index contributed by atoms with van der Waals surface area (Å²) in [6.45, 7) is 14.3. The van der Waals surface area contributed by atoms with Crippen molar-refractivity contribution in [1.82, 2.24) is 15.1 Å². The molecule has 0 radical (unpaired) electrons. The molecule has 0 aromatic heterocycles. The number of nitrogens with one attached hydrogen (secondary N) is 1. The molecule has 0 saturated carbocycles. The monoisotopic (exact) mass is 285 g/mol. The average molecular weight is 285 g/mol. The van der Waals surface area contributed by atoms with Crippen LogP contribution in [0.2, 0.25) is 0 Å². The molecule has 0 bridgehead atoms. The van der Waals surface area contributed by atoms with E-state index in [0.717, 1.165) is 19.6 Å². The van der Waals surface area contributed by atoms with Crippen LogP contribution in [0.4, 0.5) is 0 Å². The lowest BCUT2D eigenvalue weighted by atomic mass is 9.98. The molecular formula is C15H31N3O2. The van der Waals surface area contributed by atoms with E-state index in [-0.39, 0.29) is 12.0 Å². The van der Waals surface area contributed by atoms with Gasteiger partial charge < -0.3 is 9.64 Å². The normalized spacial score (nSPS) is 24.6. The Hall–Kier alpha value is -0.650. The van der Waals surface area contributed by atoms with Crippen LogP contribution in [0.3, 0.4) is 0 Å². The molecule has 1 aliphatic rings. The van der Waals surface area contributed by atoms with Gasteiger partial charge in [0.05, 0.1) is 6.61 Å². The van der Waals surface area contributed by atoms with E-state index < -0.39 is 5.54 Å². The topological polar surface area (TPSA) is 44.8 Å². The average Bonchev–Trinajstić information content (AvgIpc) is 2.32. The zero-order valence-corrected chi connectivity index (χ0v) is 13.9. The third kappa shape index (κ3) is 4.72. The number of carbonyl (C=O) groups excluding carboxylic acids is 1. The zero-order chi connectivity index (χ0) is 15.3. The molecule has 5 heteroatoms. The van der Waals surface area contributed by atoms with Gasteiger partial charge in [0, 0.05) is 38.3 Å². The first-order valence-corrected chi connectivity index (χ1v) is 7.66. The van der Waals surface area contributed by atoms with E-state index in [1.807, 2.05) is 13.8 Å². The fourth-order valence-corrected chi connectivity index (χ4v) is 2.92. The Kier molecular flexibility index (Phi) is 6.43. The minimum Gasteiger partial charge on any atom is -0.465 e. The molecule has 20 heavy (non-hydrogen) atoms. The number of rotatable bonds is 6. The number of ether oxygens (including phenoxy) is 1. The summed E-state index contributed by atoms with van der Waals surface area (Å²) in [7, 11) is 2.14. The molecule has 0 spiro atoms. The Balaban J connectivity index is 2.76. The third-order valence-electron chi connectivity index (χ3n) is 3.82. The van der Waals surface area contributed by atoms with Gasteiger partial charge in [-0.1, -0.05) is 0 Å². The Labute approximate surface area is 123 Å². The molecule has 1 rings (SSSR count). The highest BCUT2D eigenvalue weighted by atomic mass is 16.5. The molecule has 2 unspecified atom stereocenters. The van der Waals surface area contributed by atoms with Gasteiger partial charge >= 0.3 is 5.97 Å². The van der Waals surface area contributed by atoms with Crippen LogP contribution in [0.5, 0.6) is 0 Å². The molecule has 1 heterocycles. The van der Waals surface area contributed by atoms with Crippen LogP contribution in [-0.4, -0.2) is 73.2 Å². The number of piperazine rings is 1. The standard InChI is InChI=1S/C15H31N3O2/c1-7-20-14(19)15(5,16-12(2)3)11-18-9-8-17(6)10-13(18)4/h12-13,16H,7-11H2,1-6H3. The van der Waals surface area contributed by atoms with Gasteiger partial charge in [0.15, 0.2) is 0 Å². The summed E-state index contributed by atoms with van der Waals surface area (Å²) < 4.78 is 5.27. The van der Waals surface area contributed by atoms with Crippen LogP contribution in [0.1, 0.15) is 34.6 Å². The van der Waals surface area contributed by atoms with Crippen molar-refractivity contribution in [3.63, 3.8) is 0 Å². The molecule has 1 saturated heterocycles. The summed E-state index contributed by atoms with van der Waals surface area (Å²) in [6, 6.07) is 0.698. The van der Waals surface area contributed by atoms with Crippen molar-refractivity contribution in [3.8, 4) is 0 Å². The van der Waals surface area contributed by atoms with Crippen molar-refractivity contribution < 1.29 is 9.53 Å². The summed E-state index contributed by atoms with van der Waals surface area (Å²) >= 11 is 0. The summed E-state index contributed by atoms with van der Waals surface area (Å²) in [5, 5.41) is 3.39. The van der Waals surface area contributed by atoms with Crippen LogP contribution in [0.15, 0.2) is 0 Å². The molecule has 0 aliphatic carbocycles. The molecule has 1 fully saturated rings. The van der Waals surface area contributed by atoms with Crippen LogP contribution < -0.4 is 5.32 Å². The molecule has 0 aromatic rings. The van der Waals surface area contributed by atoms with Gasteiger partial charge in [-0.05, 0) is 41.7 Å². The molecule has 1 N–H and O–H groups in total. The summed E-state index contributed by atoms with van der Waals surface area (Å²) in [6.07, 6.45) is 0. The van der Waals surface area contributed by atoms with Crippen LogP contribution in [0, 0.1) is 0 Å². The van der Waals surface area contributed by atoms with Gasteiger partial charge in [-0.3, -0.25) is 15.0 Å². The second kappa shape index (κ2) is 7.38. The fraction of sp³-hybridized carbons (Fsp3) is 0.933. The van der Waals surface area contributed by atoms with E-state index in [1.54, 1.807) is 0 Å². The van der Waals surface area contributed by atoms with Crippen LogP contribution in [-0.2, 0) is 9.53 Å². The van der Waals surface area contributed by atoms with Crippen molar-refractivity contribution in [3.05, 3.63) is 0 Å². The molecule has 2 atom stereocenters.